The monoisotopic (exact) mass is 259 g/mol. The number of carbonyl (C=O) groups is 1. The largest absolute Gasteiger partial charge is 0.497 e. The molecular weight excluding hydrogens is 246 g/mol. The van der Waals surface area contributed by atoms with Crippen LogP contribution in [0, 0.1) is 11.3 Å². The van der Waals surface area contributed by atoms with E-state index < -0.39 is 12.0 Å². The van der Waals surface area contributed by atoms with E-state index >= 15 is 0 Å². The summed E-state index contributed by atoms with van der Waals surface area (Å²) in [5, 5.41) is 21.3. The molecule has 1 atom stereocenters. The van der Waals surface area contributed by atoms with Crippen molar-refractivity contribution < 1.29 is 14.6 Å². The SMILES string of the molecule is COc1ccc2[nH]cc(C(C#N)NCC(=O)O)c2c1. The smallest absolute Gasteiger partial charge is 0.317 e. The fourth-order valence-corrected chi connectivity index (χ4v) is 1.90. The lowest BCUT2D eigenvalue weighted by Crippen LogP contribution is -2.26. The zero-order valence-corrected chi connectivity index (χ0v) is 10.3. The molecule has 2 rings (SSSR count). The van der Waals surface area contributed by atoms with Gasteiger partial charge in [-0.2, -0.15) is 5.26 Å². The Morgan fingerprint density at radius 2 is 2.42 bits per heavy atom. The van der Waals surface area contributed by atoms with Crippen molar-refractivity contribution in [1.82, 2.24) is 10.3 Å². The van der Waals surface area contributed by atoms with Gasteiger partial charge in [0.25, 0.3) is 0 Å². The number of ether oxygens (including phenoxy) is 1. The van der Waals surface area contributed by atoms with Crippen LogP contribution in [0.3, 0.4) is 0 Å². The number of H-pyrrole nitrogens is 1. The Bertz CT molecular complexity index is 642. The van der Waals surface area contributed by atoms with Gasteiger partial charge in [0.1, 0.15) is 11.8 Å². The van der Waals surface area contributed by atoms with Crippen molar-refractivity contribution in [1.29, 1.82) is 5.26 Å². The summed E-state index contributed by atoms with van der Waals surface area (Å²) in [5.74, 6) is -0.319. The van der Waals surface area contributed by atoms with Gasteiger partial charge in [0.05, 0.1) is 19.7 Å². The van der Waals surface area contributed by atoms with Crippen LogP contribution < -0.4 is 10.1 Å². The Morgan fingerprint density at radius 3 is 3.05 bits per heavy atom. The van der Waals surface area contributed by atoms with Crippen LogP contribution in [-0.2, 0) is 4.79 Å². The zero-order valence-electron chi connectivity index (χ0n) is 10.3. The molecule has 6 nitrogen and oxygen atoms in total. The Kier molecular flexibility index (Phi) is 3.68. The Balaban J connectivity index is 2.37. The maximum absolute atomic E-state index is 10.6. The average molecular weight is 259 g/mol. The molecule has 0 saturated carbocycles. The van der Waals surface area contributed by atoms with E-state index in [0.29, 0.717) is 11.3 Å². The molecule has 2 aromatic rings. The maximum atomic E-state index is 10.6. The highest BCUT2D eigenvalue weighted by molar-refractivity contribution is 5.85. The Hall–Kier alpha value is -2.52. The van der Waals surface area contributed by atoms with E-state index in [4.69, 9.17) is 15.1 Å². The van der Waals surface area contributed by atoms with E-state index in [1.807, 2.05) is 18.2 Å². The summed E-state index contributed by atoms with van der Waals surface area (Å²) in [4.78, 5) is 13.6. The number of hydrogen-bond acceptors (Lipinski definition) is 4. The first kappa shape index (κ1) is 12.9. The number of nitrogens with zero attached hydrogens (tertiary/aromatic N) is 1. The fourth-order valence-electron chi connectivity index (χ4n) is 1.90. The van der Waals surface area contributed by atoms with Crippen LogP contribution in [0.15, 0.2) is 24.4 Å². The third kappa shape index (κ3) is 2.67. The van der Waals surface area contributed by atoms with Gasteiger partial charge in [-0.1, -0.05) is 0 Å². The van der Waals surface area contributed by atoms with Gasteiger partial charge < -0.3 is 14.8 Å². The number of rotatable bonds is 5. The molecule has 1 aromatic carbocycles. The summed E-state index contributed by atoms with van der Waals surface area (Å²) in [6.07, 6.45) is 1.70. The molecule has 0 radical (unpaired) electrons. The first-order valence-corrected chi connectivity index (χ1v) is 5.65. The van der Waals surface area contributed by atoms with Gasteiger partial charge in [0, 0.05) is 22.7 Å². The molecular formula is C13H13N3O3. The van der Waals surface area contributed by atoms with Crippen molar-refractivity contribution in [3.05, 3.63) is 30.0 Å². The third-order valence-corrected chi connectivity index (χ3v) is 2.82. The highest BCUT2D eigenvalue weighted by Crippen LogP contribution is 2.27. The average Bonchev–Trinajstić information content (AvgIpc) is 2.82. The third-order valence-electron chi connectivity index (χ3n) is 2.82. The van der Waals surface area contributed by atoms with E-state index in [1.54, 1.807) is 13.3 Å². The first-order chi connectivity index (χ1) is 9.15. The maximum Gasteiger partial charge on any atom is 0.317 e. The lowest BCUT2D eigenvalue weighted by atomic mass is 10.1. The molecule has 0 amide bonds. The van der Waals surface area contributed by atoms with E-state index in [2.05, 4.69) is 16.4 Å². The molecule has 98 valence electrons. The van der Waals surface area contributed by atoms with Crippen LogP contribution >= 0.6 is 0 Å². The molecule has 0 aliphatic heterocycles. The summed E-state index contributed by atoms with van der Waals surface area (Å²) in [5.41, 5.74) is 1.57. The molecule has 0 saturated heterocycles. The summed E-state index contributed by atoms with van der Waals surface area (Å²) in [6, 6.07) is 6.85. The second-order valence-electron chi connectivity index (χ2n) is 3.99. The second-order valence-corrected chi connectivity index (χ2v) is 3.99. The van der Waals surface area contributed by atoms with Crippen molar-refractivity contribution in [3.8, 4) is 11.8 Å². The lowest BCUT2D eigenvalue weighted by molar-refractivity contribution is -0.136. The molecule has 0 fully saturated rings. The first-order valence-electron chi connectivity index (χ1n) is 5.65. The van der Waals surface area contributed by atoms with Gasteiger partial charge in [-0.25, -0.2) is 0 Å². The van der Waals surface area contributed by atoms with Crippen molar-refractivity contribution >= 4 is 16.9 Å². The molecule has 0 aliphatic carbocycles. The number of aromatic nitrogens is 1. The molecule has 0 bridgehead atoms. The topological polar surface area (TPSA) is 98.1 Å². The van der Waals surface area contributed by atoms with Gasteiger partial charge in [-0.3, -0.25) is 10.1 Å². The predicted molar refractivity (Wildman–Crippen MR) is 68.8 cm³/mol. The number of fused-ring (bicyclic) bond motifs is 1. The van der Waals surface area contributed by atoms with Gasteiger partial charge in [0.2, 0.25) is 0 Å². The van der Waals surface area contributed by atoms with E-state index in [0.717, 1.165) is 10.9 Å². The number of carboxylic acids is 1. The van der Waals surface area contributed by atoms with Crippen LogP contribution in [0.4, 0.5) is 0 Å². The quantitative estimate of drug-likeness (QED) is 0.754. The standard InChI is InChI=1S/C13H13N3O3/c1-19-8-2-3-11-9(4-8)10(6-15-11)12(5-14)16-7-13(17)18/h2-4,6,12,15-16H,7H2,1H3,(H,17,18). The number of hydrogen-bond donors (Lipinski definition) is 3. The molecule has 6 heteroatoms. The minimum Gasteiger partial charge on any atom is -0.497 e. The molecule has 1 heterocycles. The highest BCUT2D eigenvalue weighted by Gasteiger charge is 2.16. The Labute approximate surface area is 109 Å². The summed E-state index contributed by atoms with van der Waals surface area (Å²) < 4.78 is 5.15. The summed E-state index contributed by atoms with van der Waals surface area (Å²) in [6.45, 7) is -0.269. The van der Waals surface area contributed by atoms with Gasteiger partial charge in [-0.05, 0) is 18.2 Å². The van der Waals surface area contributed by atoms with Crippen LogP contribution in [-0.4, -0.2) is 29.7 Å². The number of methoxy groups -OCH3 is 1. The molecule has 3 N–H and O–H groups in total. The zero-order chi connectivity index (χ0) is 13.8. The van der Waals surface area contributed by atoms with E-state index in [-0.39, 0.29) is 6.54 Å². The molecule has 0 spiro atoms. The van der Waals surface area contributed by atoms with Crippen LogP contribution in [0.5, 0.6) is 5.75 Å². The number of carboxylic acid groups (broad SMARTS) is 1. The van der Waals surface area contributed by atoms with Crippen molar-refractivity contribution in [2.75, 3.05) is 13.7 Å². The number of aromatic amines is 1. The fraction of sp³-hybridized carbons (Fsp3) is 0.231. The highest BCUT2D eigenvalue weighted by atomic mass is 16.5. The number of nitriles is 1. The van der Waals surface area contributed by atoms with Crippen molar-refractivity contribution in [2.24, 2.45) is 0 Å². The van der Waals surface area contributed by atoms with Gasteiger partial charge in [-0.15, -0.1) is 0 Å². The predicted octanol–water partition coefficient (Wildman–Crippen LogP) is 1.42. The lowest BCUT2D eigenvalue weighted by Gasteiger charge is -2.09. The Morgan fingerprint density at radius 1 is 1.63 bits per heavy atom. The molecule has 0 aliphatic rings. The van der Waals surface area contributed by atoms with Crippen LogP contribution in [0.2, 0.25) is 0 Å². The number of aliphatic carboxylic acids is 1. The number of nitrogens with one attached hydrogen (secondary N) is 2. The molecule has 19 heavy (non-hydrogen) atoms. The minimum absolute atomic E-state index is 0.269. The summed E-state index contributed by atoms with van der Waals surface area (Å²) in [7, 11) is 1.57. The van der Waals surface area contributed by atoms with Crippen molar-refractivity contribution in [2.45, 2.75) is 6.04 Å². The minimum atomic E-state index is -1.00. The summed E-state index contributed by atoms with van der Waals surface area (Å²) >= 11 is 0. The van der Waals surface area contributed by atoms with Gasteiger partial charge >= 0.3 is 5.97 Å². The normalized spacial score (nSPS) is 12.0. The molecule has 1 unspecified atom stereocenters. The van der Waals surface area contributed by atoms with Crippen molar-refractivity contribution in [3.63, 3.8) is 0 Å². The molecule has 1 aromatic heterocycles. The second kappa shape index (κ2) is 5.42. The van der Waals surface area contributed by atoms with Crippen LogP contribution in [0.1, 0.15) is 11.6 Å². The van der Waals surface area contributed by atoms with E-state index in [1.165, 1.54) is 0 Å². The number of benzene rings is 1. The van der Waals surface area contributed by atoms with E-state index in [9.17, 15) is 4.79 Å². The van der Waals surface area contributed by atoms with Crippen LogP contribution in [0.25, 0.3) is 10.9 Å². The van der Waals surface area contributed by atoms with Gasteiger partial charge in [0.15, 0.2) is 0 Å².